The molecule has 0 saturated heterocycles. The average molecular weight is 295 g/mol. The summed E-state index contributed by atoms with van der Waals surface area (Å²) >= 11 is 5.96. The predicted octanol–water partition coefficient (Wildman–Crippen LogP) is 4.31. The van der Waals surface area contributed by atoms with Crippen molar-refractivity contribution in [1.82, 2.24) is 0 Å². The van der Waals surface area contributed by atoms with E-state index in [0.717, 1.165) is 5.56 Å². The van der Waals surface area contributed by atoms with Crippen molar-refractivity contribution in [3.8, 4) is 0 Å². The van der Waals surface area contributed by atoms with E-state index < -0.39 is 4.92 Å². The molecular formula is C14H12ClFN2O2. The number of hydrogen-bond donors (Lipinski definition) is 1. The number of rotatable bonds is 4. The van der Waals surface area contributed by atoms with Crippen LogP contribution in [0.3, 0.4) is 0 Å². The second-order valence-corrected chi connectivity index (χ2v) is 4.78. The molecule has 0 fully saturated rings. The van der Waals surface area contributed by atoms with Gasteiger partial charge in [0, 0.05) is 24.2 Å². The molecular weight excluding hydrogens is 283 g/mol. The van der Waals surface area contributed by atoms with Crippen LogP contribution in [0.15, 0.2) is 36.4 Å². The Hall–Kier alpha value is -2.14. The zero-order valence-electron chi connectivity index (χ0n) is 10.7. The molecule has 1 N–H and O–H groups in total. The summed E-state index contributed by atoms with van der Waals surface area (Å²) in [6.45, 7) is 2.07. The number of halogens is 2. The standard InChI is InChI=1S/C14H12ClFN2O2/c1-9-2-5-13(16)10(6-9)8-17-14-7-11(18(19)20)3-4-12(14)15/h2-7,17H,8H2,1H3. The maximum atomic E-state index is 13.6. The zero-order valence-corrected chi connectivity index (χ0v) is 11.4. The smallest absolute Gasteiger partial charge is 0.271 e. The largest absolute Gasteiger partial charge is 0.379 e. The van der Waals surface area contributed by atoms with Crippen molar-refractivity contribution in [1.29, 1.82) is 0 Å². The van der Waals surface area contributed by atoms with Gasteiger partial charge in [0.15, 0.2) is 0 Å². The molecule has 0 aliphatic heterocycles. The average Bonchev–Trinajstić information content (AvgIpc) is 2.41. The first-order valence-corrected chi connectivity index (χ1v) is 6.28. The zero-order chi connectivity index (χ0) is 14.7. The molecule has 0 radical (unpaired) electrons. The van der Waals surface area contributed by atoms with Crippen molar-refractivity contribution in [3.63, 3.8) is 0 Å². The molecule has 2 rings (SSSR count). The summed E-state index contributed by atoms with van der Waals surface area (Å²) in [6.07, 6.45) is 0. The SMILES string of the molecule is Cc1ccc(F)c(CNc2cc([N+](=O)[O-])ccc2Cl)c1. The van der Waals surface area contributed by atoms with Crippen LogP contribution in [0.2, 0.25) is 5.02 Å². The summed E-state index contributed by atoms with van der Waals surface area (Å²) in [4.78, 5) is 10.2. The maximum Gasteiger partial charge on any atom is 0.271 e. The highest BCUT2D eigenvalue weighted by atomic mass is 35.5. The Balaban J connectivity index is 2.20. The molecule has 0 amide bonds. The Morgan fingerprint density at radius 1 is 1.30 bits per heavy atom. The quantitative estimate of drug-likeness (QED) is 0.675. The summed E-state index contributed by atoms with van der Waals surface area (Å²) in [5.41, 5.74) is 1.75. The van der Waals surface area contributed by atoms with Gasteiger partial charge in [0.2, 0.25) is 0 Å². The van der Waals surface area contributed by atoms with Crippen LogP contribution >= 0.6 is 11.6 Å². The van der Waals surface area contributed by atoms with Crippen molar-refractivity contribution in [3.05, 3.63) is 68.5 Å². The molecule has 0 atom stereocenters. The number of nitro benzene ring substituents is 1. The minimum absolute atomic E-state index is 0.0679. The number of nitrogens with one attached hydrogen (secondary N) is 1. The Bertz CT molecular complexity index is 662. The third kappa shape index (κ3) is 3.24. The molecule has 2 aromatic carbocycles. The normalized spacial score (nSPS) is 10.3. The molecule has 0 aliphatic carbocycles. The minimum atomic E-state index is -0.505. The highest BCUT2D eigenvalue weighted by Crippen LogP contribution is 2.27. The third-order valence-corrected chi connectivity index (χ3v) is 3.16. The number of anilines is 1. The maximum absolute atomic E-state index is 13.6. The predicted molar refractivity (Wildman–Crippen MR) is 76.6 cm³/mol. The molecule has 0 spiro atoms. The van der Waals surface area contributed by atoms with Crippen molar-refractivity contribution in [2.75, 3.05) is 5.32 Å². The van der Waals surface area contributed by atoms with Gasteiger partial charge in [-0.25, -0.2) is 4.39 Å². The van der Waals surface area contributed by atoms with Gasteiger partial charge in [-0.1, -0.05) is 29.3 Å². The topological polar surface area (TPSA) is 55.2 Å². The van der Waals surface area contributed by atoms with Gasteiger partial charge in [0.05, 0.1) is 15.6 Å². The molecule has 6 heteroatoms. The van der Waals surface area contributed by atoms with E-state index in [9.17, 15) is 14.5 Å². The first-order chi connectivity index (χ1) is 9.47. The van der Waals surface area contributed by atoms with E-state index in [1.807, 2.05) is 6.92 Å². The van der Waals surface area contributed by atoms with Gasteiger partial charge < -0.3 is 5.32 Å². The second kappa shape index (κ2) is 5.88. The first kappa shape index (κ1) is 14.3. The Morgan fingerprint density at radius 3 is 2.75 bits per heavy atom. The Labute approximate surface area is 120 Å². The monoisotopic (exact) mass is 294 g/mol. The van der Waals surface area contributed by atoms with Crippen LogP contribution < -0.4 is 5.32 Å². The number of aryl methyl sites for hydroxylation is 1. The molecule has 0 aliphatic rings. The fourth-order valence-corrected chi connectivity index (χ4v) is 1.98. The van der Waals surface area contributed by atoms with E-state index in [2.05, 4.69) is 5.32 Å². The summed E-state index contributed by atoms with van der Waals surface area (Å²) in [7, 11) is 0. The highest BCUT2D eigenvalue weighted by molar-refractivity contribution is 6.33. The minimum Gasteiger partial charge on any atom is -0.379 e. The van der Waals surface area contributed by atoms with Gasteiger partial charge in [-0.3, -0.25) is 10.1 Å². The van der Waals surface area contributed by atoms with Crippen molar-refractivity contribution < 1.29 is 9.31 Å². The fraction of sp³-hybridized carbons (Fsp3) is 0.143. The van der Waals surface area contributed by atoms with E-state index in [1.54, 1.807) is 12.1 Å². The van der Waals surface area contributed by atoms with Gasteiger partial charge in [-0.2, -0.15) is 0 Å². The number of nitrogens with zero attached hydrogens (tertiary/aromatic N) is 1. The fourth-order valence-electron chi connectivity index (χ4n) is 1.79. The number of benzene rings is 2. The highest BCUT2D eigenvalue weighted by Gasteiger charge is 2.10. The van der Waals surface area contributed by atoms with Crippen LogP contribution in [-0.4, -0.2) is 4.92 Å². The van der Waals surface area contributed by atoms with Crippen molar-refractivity contribution in [2.45, 2.75) is 13.5 Å². The molecule has 4 nitrogen and oxygen atoms in total. The molecule has 2 aromatic rings. The van der Waals surface area contributed by atoms with Crippen LogP contribution in [0.5, 0.6) is 0 Å². The molecule has 104 valence electrons. The lowest BCUT2D eigenvalue weighted by molar-refractivity contribution is -0.384. The van der Waals surface area contributed by atoms with Crippen molar-refractivity contribution in [2.24, 2.45) is 0 Å². The lowest BCUT2D eigenvalue weighted by atomic mass is 10.1. The Kier molecular flexibility index (Phi) is 4.20. The van der Waals surface area contributed by atoms with Crippen LogP contribution in [0, 0.1) is 22.9 Å². The van der Waals surface area contributed by atoms with E-state index in [4.69, 9.17) is 11.6 Å². The van der Waals surface area contributed by atoms with E-state index in [0.29, 0.717) is 16.3 Å². The van der Waals surface area contributed by atoms with Crippen LogP contribution in [0.25, 0.3) is 0 Å². The van der Waals surface area contributed by atoms with Crippen LogP contribution in [0.1, 0.15) is 11.1 Å². The van der Waals surface area contributed by atoms with Crippen LogP contribution in [-0.2, 0) is 6.54 Å². The van der Waals surface area contributed by atoms with Crippen molar-refractivity contribution >= 4 is 23.0 Å². The lowest BCUT2D eigenvalue weighted by Gasteiger charge is -2.09. The van der Waals surface area contributed by atoms with E-state index >= 15 is 0 Å². The number of hydrogen-bond acceptors (Lipinski definition) is 3. The molecule has 0 saturated carbocycles. The summed E-state index contributed by atoms with van der Waals surface area (Å²) in [5, 5.41) is 14.0. The second-order valence-electron chi connectivity index (χ2n) is 4.37. The summed E-state index contributed by atoms with van der Waals surface area (Å²) in [6, 6.07) is 8.87. The molecule has 0 aromatic heterocycles. The molecule has 0 unspecified atom stereocenters. The third-order valence-electron chi connectivity index (χ3n) is 2.83. The lowest BCUT2D eigenvalue weighted by Crippen LogP contribution is -2.03. The van der Waals surface area contributed by atoms with Gasteiger partial charge >= 0.3 is 0 Å². The number of nitro groups is 1. The van der Waals surface area contributed by atoms with E-state index in [1.165, 1.54) is 24.3 Å². The van der Waals surface area contributed by atoms with Gasteiger partial charge in [0.25, 0.3) is 5.69 Å². The number of non-ortho nitro benzene ring substituents is 1. The summed E-state index contributed by atoms with van der Waals surface area (Å²) < 4.78 is 13.6. The molecule has 0 bridgehead atoms. The summed E-state index contributed by atoms with van der Waals surface area (Å²) in [5.74, 6) is -0.329. The van der Waals surface area contributed by atoms with Gasteiger partial charge in [-0.05, 0) is 19.1 Å². The van der Waals surface area contributed by atoms with E-state index in [-0.39, 0.29) is 18.0 Å². The van der Waals surface area contributed by atoms with Crippen LogP contribution in [0.4, 0.5) is 15.8 Å². The molecule has 20 heavy (non-hydrogen) atoms. The van der Waals surface area contributed by atoms with Gasteiger partial charge in [-0.15, -0.1) is 0 Å². The molecule has 0 heterocycles. The Morgan fingerprint density at radius 2 is 2.05 bits per heavy atom. The van der Waals surface area contributed by atoms with Gasteiger partial charge in [0.1, 0.15) is 5.82 Å². The first-order valence-electron chi connectivity index (χ1n) is 5.90.